The van der Waals surface area contributed by atoms with Gasteiger partial charge in [-0.3, -0.25) is 0 Å². The number of aliphatic hydroxyl groups is 1. The van der Waals surface area contributed by atoms with Gasteiger partial charge >= 0.3 is 0 Å². The minimum absolute atomic E-state index is 0.0329. The van der Waals surface area contributed by atoms with E-state index in [4.69, 9.17) is 0 Å². The average molecular weight is 291 g/mol. The zero-order valence-corrected chi connectivity index (χ0v) is 11.9. The summed E-state index contributed by atoms with van der Waals surface area (Å²) >= 11 is 0. The molecule has 2 rings (SSSR count). The highest BCUT2D eigenvalue weighted by molar-refractivity contribution is 5.24. The van der Waals surface area contributed by atoms with Crippen molar-refractivity contribution in [2.24, 2.45) is 0 Å². The molecule has 0 saturated carbocycles. The van der Waals surface area contributed by atoms with Crippen LogP contribution in [0.5, 0.6) is 0 Å². The lowest BCUT2D eigenvalue weighted by Crippen LogP contribution is -2.26. The fourth-order valence-electron chi connectivity index (χ4n) is 2.40. The second kappa shape index (κ2) is 7.29. The van der Waals surface area contributed by atoms with Crippen LogP contribution >= 0.6 is 0 Å². The first-order valence-corrected chi connectivity index (χ1v) is 6.98. The third kappa shape index (κ3) is 4.09. The van der Waals surface area contributed by atoms with Crippen molar-refractivity contribution < 1.29 is 13.9 Å². The summed E-state index contributed by atoms with van der Waals surface area (Å²) in [5.41, 5.74) is 1.44. The summed E-state index contributed by atoms with van der Waals surface area (Å²) in [6, 6.07) is 12.9. The van der Waals surface area contributed by atoms with Crippen LogP contribution in [0.3, 0.4) is 0 Å². The fraction of sp³-hybridized carbons (Fsp3) is 0.294. The second-order valence-electron chi connectivity index (χ2n) is 5.03. The lowest BCUT2D eigenvalue weighted by atomic mass is 10.0. The highest BCUT2D eigenvalue weighted by Gasteiger charge is 2.17. The number of hydrogen-bond acceptors (Lipinski definition) is 2. The molecule has 0 radical (unpaired) electrons. The highest BCUT2D eigenvalue weighted by Crippen LogP contribution is 2.24. The Labute approximate surface area is 123 Å². The van der Waals surface area contributed by atoms with Crippen molar-refractivity contribution in [2.45, 2.75) is 25.4 Å². The molecule has 0 aromatic heterocycles. The quantitative estimate of drug-likeness (QED) is 0.850. The molecule has 0 aliphatic rings. The summed E-state index contributed by atoms with van der Waals surface area (Å²) in [6.45, 7) is 1.86. The number of nitrogens with one attached hydrogen (secondary N) is 1. The van der Waals surface area contributed by atoms with E-state index in [1.807, 2.05) is 37.3 Å². The summed E-state index contributed by atoms with van der Waals surface area (Å²) in [5.74, 6) is -1.15. The third-order valence-corrected chi connectivity index (χ3v) is 3.50. The van der Waals surface area contributed by atoms with Crippen molar-refractivity contribution in [2.75, 3.05) is 6.61 Å². The van der Waals surface area contributed by atoms with E-state index in [-0.39, 0.29) is 18.7 Å². The summed E-state index contributed by atoms with van der Waals surface area (Å²) in [6.07, 6.45) is 0.525. The predicted octanol–water partition coefficient (Wildman–Crippen LogP) is 3.74. The van der Waals surface area contributed by atoms with Gasteiger partial charge < -0.3 is 10.4 Å². The van der Waals surface area contributed by atoms with E-state index in [2.05, 4.69) is 5.32 Å². The number of aliphatic hydroxyl groups excluding tert-OH is 1. The molecule has 21 heavy (non-hydrogen) atoms. The Kier molecular flexibility index (Phi) is 5.42. The molecule has 0 fully saturated rings. The lowest BCUT2D eigenvalue weighted by molar-refractivity contribution is 0.260. The first kappa shape index (κ1) is 15.6. The molecule has 0 heterocycles. The second-order valence-corrected chi connectivity index (χ2v) is 5.03. The van der Waals surface area contributed by atoms with Crippen LogP contribution in [0.25, 0.3) is 0 Å². The van der Waals surface area contributed by atoms with Crippen LogP contribution in [0.2, 0.25) is 0 Å². The Balaban J connectivity index is 2.16. The predicted molar refractivity (Wildman–Crippen MR) is 78.8 cm³/mol. The van der Waals surface area contributed by atoms with Gasteiger partial charge in [0.1, 0.15) is 11.6 Å². The molecule has 112 valence electrons. The van der Waals surface area contributed by atoms with E-state index in [0.717, 1.165) is 11.6 Å². The number of benzene rings is 2. The Morgan fingerprint density at radius 2 is 1.81 bits per heavy atom. The minimum Gasteiger partial charge on any atom is -0.396 e. The molecule has 1 unspecified atom stereocenters. The van der Waals surface area contributed by atoms with Crippen molar-refractivity contribution in [3.05, 3.63) is 71.3 Å². The van der Waals surface area contributed by atoms with Crippen molar-refractivity contribution >= 4 is 0 Å². The molecule has 4 heteroatoms. The van der Waals surface area contributed by atoms with Gasteiger partial charge in [-0.1, -0.05) is 36.4 Å². The maximum atomic E-state index is 13.8. The topological polar surface area (TPSA) is 32.3 Å². The van der Waals surface area contributed by atoms with Crippen LogP contribution in [0.15, 0.2) is 48.5 Å². The van der Waals surface area contributed by atoms with Crippen LogP contribution in [0, 0.1) is 11.6 Å². The summed E-state index contributed by atoms with van der Waals surface area (Å²) in [7, 11) is 0. The van der Waals surface area contributed by atoms with Gasteiger partial charge in [-0.25, -0.2) is 8.78 Å². The largest absolute Gasteiger partial charge is 0.396 e. The highest BCUT2D eigenvalue weighted by atomic mass is 19.1. The van der Waals surface area contributed by atoms with E-state index in [9.17, 15) is 13.9 Å². The van der Waals surface area contributed by atoms with E-state index < -0.39 is 11.6 Å². The number of rotatable bonds is 6. The van der Waals surface area contributed by atoms with Crippen molar-refractivity contribution in [1.82, 2.24) is 5.32 Å². The van der Waals surface area contributed by atoms with Gasteiger partial charge in [-0.2, -0.15) is 0 Å². The van der Waals surface area contributed by atoms with Gasteiger partial charge in [0.2, 0.25) is 0 Å². The van der Waals surface area contributed by atoms with Crippen LogP contribution in [-0.4, -0.2) is 11.7 Å². The first-order valence-electron chi connectivity index (χ1n) is 6.98. The van der Waals surface area contributed by atoms with Gasteiger partial charge in [-0.15, -0.1) is 0 Å². The Morgan fingerprint density at radius 3 is 2.43 bits per heavy atom. The van der Waals surface area contributed by atoms with Crippen LogP contribution in [-0.2, 0) is 0 Å². The maximum Gasteiger partial charge on any atom is 0.130 e. The Hall–Kier alpha value is -1.78. The number of halogens is 2. The van der Waals surface area contributed by atoms with Crippen molar-refractivity contribution in [3.63, 3.8) is 0 Å². The molecule has 0 saturated heterocycles. The Bertz CT molecular complexity index is 574. The fourth-order valence-corrected chi connectivity index (χ4v) is 2.40. The molecule has 2 N–H and O–H groups in total. The van der Waals surface area contributed by atoms with E-state index >= 15 is 0 Å². The molecule has 2 atom stereocenters. The lowest BCUT2D eigenvalue weighted by Gasteiger charge is -2.24. The van der Waals surface area contributed by atoms with E-state index in [1.165, 1.54) is 12.1 Å². The molecular formula is C17H19F2NO. The number of hydrogen-bond donors (Lipinski definition) is 2. The standard InChI is InChI=1S/C17H19F2NO/c1-12(15-8-7-14(18)11-16(15)19)20-17(9-10-21)13-5-3-2-4-6-13/h2-8,11-12,17,20-21H,9-10H2,1H3/t12?,17-/m1/s1. The van der Waals surface area contributed by atoms with Crippen molar-refractivity contribution in [3.8, 4) is 0 Å². The molecule has 2 aromatic rings. The normalized spacial score (nSPS) is 13.9. The molecule has 0 aliphatic heterocycles. The van der Waals surface area contributed by atoms with Crippen LogP contribution in [0.4, 0.5) is 8.78 Å². The van der Waals surface area contributed by atoms with Crippen LogP contribution in [0.1, 0.15) is 36.6 Å². The zero-order chi connectivity index (χ0) is 15.2. The van der Waals surface area contributed by atoms with Gasteiger partial charge in [0.25, 0.3) is 0 Å². The maximum absolute atomic E-state index is 13.8. The SMILES string of the molecule is CC(N[C@H](CCO)c1ccccc1)c1ccc(F)cc1F. The summed E-state index contributed by atoms with van der Waals surface area (Å²) < 4.78 is 26.8. The van der Waals surface area contributed by atoms with E-state index in [0.29, 0.717) is 12.0 Å². The molecule has 0 bridgehead atoms. The summed E-state index contributed by atoms with van der Waals surface area (Å²) in [4.78, 5) is 0. The van der Waals surface area contributed by atoms with Gasteiger partial charge in [0.05, 0.1) is 0 Å². The monoisotopic (exact) mass is 291 g/mol. The molecule has 2 nitrogen and oxygen atoms in total. The zero-order valence-electron chi connectivity index (χ0n) is 11.9. The smallest absolute Gasteiger partial charge is 0.130 e. The minimum atomic E-state index is -0.585. The van der Waals surface area contributed by atoms with Gasteiger partial charge in [0, 0.05) is 30.3 Å². The van der Waals surface area contributed by atoms with Crippen LogP contribution < -0.4 is 5.32 Å². The van der Waals surface area contributed by atoms with Gasteiger partial charge in [0.15, 0.2) is 0 Å². The molecular weight excluding hydrogens is 272 g/mol. The third-order valence-electron chi connectivity index (χ3n) is 3.50. The average Bonchev–Trinajstić information content (AvgIpc) is 2.47. The summed E-state index contributed by atoms with van der Waals surface area (Å²) in [5, 5.41) is 12.5. The van der Waals surface area contributed by atoms with Crippen molar-refractivity contribution in [1.29, 1.82) is 0 Å². The molecule has 2 aromatic carbocycles. The van der Waals surface area contributed by atoms with Gasteiger partial charge in [-0.05, 0) is 25.0 Å². The molecule has 0 amide bonds. The first-order chi connectivity index (χ1) is 10.1. The molecule has 0 aliphatic carbocycles. The van der Waals surface area contributed by atoms with E-state index in [1.54, 1.807) is 0 Å². The Morgan fingerprint density at radius 1 is 1.10 bits per heavy atom. The molecule has 0 spiro atoms.